The fraction of sp³-hybridized carbons (Fsp3) is 0.222. The number of benzene rings is 1. The van der Waals surface area contributed by atoms with E-state index in [1.54, 1.807) is 13.8 Å². The van der Waals surface area contributed by atoms with Gasteiger partial charge >= 0.3 is 0 Å². The predicted octanol–water partition coefficient (Wildman–Crippen LogP) is 3.04. The van der Waals surface area contributed by atoms with Gasteiger partial charge in [0.25, 0.3) is 5.91 Å². The molecule has 1 N–H and O–H groups in total. The van der Waals surface area contributed by atoms with E-state index in [0.29, 0.717) is 44.4 Å². The van der Waals surface area contributed by atoms with Gasteiger partial charge in [0.1, 0.15) is 27.5 Å². The van der Waals surface area contributed by atoms with Crippen LogP contribution >= 0.6 is 23.1 Å². The average molecular weight is 397 g/mol. The van der Waals surface area contributed by atoms with Crippen LogP contribution in [0.1, 0.15) is 37.5 Å². The van der Waals surface area contributed by atoms with E-state index >= 15 is 0 Å². The van der Waals surface area contributed by atoms with Crippen LogP contribution in [0.2, 0.25) is 0 Å². The van der Waals surface area contributed by atoms with Gasteiger partial charge in [0.05, 0.1) is 11.4 Å². The molecule has 1 aromatic carbocycles. The van der Waals surface area contributed by atoms with Gasteiger partial charge in [0.2, 0.25) is 5.01 Å². The van der Waals surface area contributed by atoms with Gasteiger partial charge in [-0.25, -0.2) is 9.97 Å². The Morgan fingerprint density at radius 1 is 1.22 bits per heavy atom. The Kier molecular flexibility index (Phi) is 6.11. The summed E-state index contributed by atoms with van der Waals surface area (Å²) in [6, 6.07) is 11.8. The zero-order chi connectivity index (χ0) is 19.2. The van der Waals surface area contributed by atoms with Gasteiger partial charge in [0.15, 0.2) is 0 Å². The molecule has 0 fully saturated rings. The molecule has 0 unspecified atom stereocenters. The maximum absolute atomic E-state index is 12.2. The molecule has 0 aliphatic carbocycles. The van der Waals surface area contributed by atoms with Crippen LogP contribution in [0.3, 0.4) is 0 Å². The molecule has 0 atom stereocenters. The fourth-order valence-corrected chi connectivity index (χ4v) is 4.12. The maximum Gasteiger partial charge on any atom is 0.282 e. The molecule has 0 radical (unpaired) electrons. The molecule has 0 bridgehead atoms. The highest BCUT2D eigenvalue weighted by Gasteiger charge is 2.15. The van der Waals surface area contributed by atoms with Gasteiger partial charge in [0, 0.05) is 6.54 Å². The minimum absolute atomic E-state index is 0.251. The summed E-state index contributed by atoms with van der Waals surface area (Å²) >= 11 is 2.63. The van der Waals surface area contributed by atoms with Crippen LogP contribution in [0, 0.1) is 25.2 Å². The first kappa shape index (κ1) is 18.9. The largest absolute Gasteiger partial charge is 0.346 e. The molecule has 9 heteroatoms. The molecule has 2 heterocycles. The van der Waals surface area contributed by atoms with Crippen molar-refractivity contribution < 1.29 is 4.79 Å². The Balaban J connectivity index is 1.61. The number of nitrogens with one attached hydrogen (secondary N) is 1. The van der Waals surface area contributed by atoms with Gasteiger partial charge < -0.3 is 5.32 Å². The maximum atomic E-state index is 12.2. The van der Waals surface area contributed by atoms with E-state index in [2.05, 4.69) is 31.6 Å². The first-order valence-electron chi connectivity index (χ1n) is 8.09. The van der Waals surface area contributed by atoms with Crippen LogP contribution in [0.25, 0.3) is 0 Å². The molecule has 0 saturated heterocycles. The predicted molar refractivity (Wildman–Crippen MR) is 103 cm³/mol. The van der Waals surface area contributed by atoms with E-state index < -0.39 is 0 Å². The van der Waals surface area contributed by atoms with E-state index in [1.165, 1.54) is 23.1 Å². The second-order valence-corrected chi connectivity index (χ2v) is 7.63. The standard InChI is InChI=1S/C18H16N6OS2/c1-11-14(8-19)17(22-12(2)21-11)26-10-15-23-24-18(27-15)16(25)20-9-13-6-4-3-5-7-13/h3-7H,9-10H2,1-2H3,(H,20,25). The van der Waals surface area contributed by atoms with E-state index in [4.69, 9.17) is 0 Å². The number of aryl methyl sites for hydroxylation is 2. The normalized spacial score (nSPS) is 10.4. The number of hydrogen-bond acceptors (Lipinski definition) is 8. The second kappa shape index (κ2) is 8.70. The minimum atomic E-state index is -0.251. The minimum Gasteiger partial charge on any atom is -0.346 e. The van der Waals surface area contributed by atoms with Gasteiger partial charge in [-0.1, -0.05) is 53.4 Å². The number of carbonyl (C=O) groups excluding carboxylic acids is 1. The number of rotatable bonds is 6. The highest BCUT2D eigenvalue weighted by Crippen LogP contribution is 2.26. The van der Waals surface area contributed by atoms with Crippen molar-refractivity contribution in [3.05, 3.63) is 63.0 Å². The third kappa shape index (κ3) is 4.87. The second-order valence-electron chi connectivity index (χ2n) is 5.61. The smallest absolute Gasteiger partial charge is 0.282 e. The monoisotopic (exact) mass is 396 g/mol. The Hall–Kier alpha value is -2.83. The number of nitriles is 1. The third-order valence-corrected chi connectivity index (χ3v) is 5.66. The summed E-state index contributed by atoms with van der Waals surface area (Å²) in [5, 5.41) is 21.8. The SMILES string of the molecule is Cc1nc(C)c(C#N)c(SCc2nnc(C(=O)NCc3ccccc3)s2)n1. The van der Waals surface area contributed by atoms with Crippen molar-refractivity contribution in [1.29, 1.82) is 5.26 Å². The van der Waals surface area contributed by atoms with Crippen molar-refractivity contribution in [2.45, 2.75) is 31.2 Å². The zero-order valence-electron chi connectivity index (χ0n) is 14.8. The van der Waals surface area contributed by atoms with Crippen LogP contribution in [-0.2, 0) is 12.3 Å². The van der Waals surface area contributed by atoms with Crippen LogP contribution in [0.15, 0.2) is 35.4 Å². The highest BCUT2D eigenvalue weighted by molar-refractivity contribution is 7.98. The number of aromatic nitrogens is 4. The summed E-state index contributed by atoms with van der Waals surface area (Å²) in [5.74, 6) is 0.847. The van der Waals surface area contributed by atoms with Crippen LogP contribution in [-0.4, -0.2) is 26.1 Å². The zero-order valence-corrected chi connectivity index (χ0v) is 16.4. The van der Waals surface area contributed by atoms with Crippen LogP contribution < -0.4 is 5.32 Å². The molecular formula is C18H16N6OS2. The van der Waals surface area contributed by atoms with Gasteiger partial charge in [-0.05, 0) is 19.4 Å². The quantitative estimate of drug-likeness (QED) is 0.504. The molecule has 2 aromatic heterocycles. The lowest BCUT2D eigenvalue weighted by Gasteiger charge is -2.05. The summed E-state index contributed by atoms with van der Waals surface area (Å²) in [4.78, 5) is 20.8. The highest BCUT2D eigenvalue weighted by atomic mass is 32.2. The Morgan fingerprint density at radius 3 is 2.74 bits per heavy atom. The molecule has 7 nitrogen and oxygen atoms in total. The van der Waals surface area contributed by atoms with Crippen molar-refractivity contribution in [2.75, 3.05) is 0 Å². The van der Waals surface area contributed by atoms with E-state index in [-0.39, 0.29) is 5.91 Å². The van der Waals surface area contributed by atoms with Crippen molar-refractivity contribution in [3.63, 3.8) is 0 Å². The van der Waals surface area contributed by atoms with Crippen LogP contribution in [0.4, 0.5) is 0 Å². The molecule has 1 amide bonds. The van der Waals surface area contributed by atoms with Crippen molar-refractivity contribution >= 4 is 29.0 Å². The molecule has 27 heavy (non-hydrogen) atoms. The molecule has 3 aromatic rings. The summed E-state index contributed by atoms with van der Waals surface area (Å²) in [7, 11) is 0. The number of hydrogen-bond donors (Lipinski definition) is 1. The molecule has 0 aliphatic heterocycles. The fourth-order valence-electron chi connectivity index (χ4n) is 2.30. The molecule has 136 valence electrons. The summed E-state index contributed by atoms with van der Waals surface area (Å²) < 4.78 is 0. The van der Waals surface area contributed by atoms with Crippen molar-refractivity contribution in [2.24, 2.45) is 0 Å². The molecule has 3 rings (SSSR count). The topological polar surface area (TPSA) is 104 Å². The number of amides is 1. The average Bonchev–Trinajstić information content (AvgIpc) is 3.14. The molecule has 0 spiro atoms. The first-order valence-corrected chi connectivity index (χ1v) is 9.89. The van der Waals surface area contributed by atoms with Crippen LogP contribution in [0.5, 0.6) is 0 Å². The third-order valence-electron chi connectivity index (χ3n) is 3.57. The first-order chi connectivity index (χ1) is 13.1. The lowest BCUT2D eigenvalue weighted by molar-refractivity contribution is 0.0950. The number of thioether (sulfide) groups is 1. The van der Waals surface area contributed by atoms with Gasteiger partial charge in [-0.15, -0.1) is 10.2 Å². The summed E-state index contributed by atoms with van der Waals surface area (Å²) in [5.41, 5.74) is 2.14. The Bertz CT molecular complexity index is 997. The summed E-state index contributed by atoms with van der Waals surface area (Å²) in [6.45, 7) is 4.02. The summed E-state index contributed by atoms with van der Waals surface area (Å²) in [6.07, 6.45) is 0. The van der Waals surface area contributed by atoms with Gasteiger partial charge in [-0.2, -0.15) is 5.26 Å². The van der Waals surface area contributed by atoms with E-state index in [9.17, 15) is 10.1 Å². The van der Waals surface area contributed by atoms with E-state index in [0.717, 1.165) is 5.56 Å². The Labute approximate surface area is 164 Å². The number of carbonyl (C=O) groups is 1. The lowest BCUT2D eigenvalue weighted by Crippen LogP contribution is -2.22. The van der Waals surface area contributed by atoms with Crippen molar-refractivity contribution in [3.8, 4) is 6.07 Å². The number of nitrogens with zero attached hydrogens (tertiary/aromatic N) is 5. The lowest BCUT2D eigenvalue weighted by atomic mass is 10.2. The van der Waals surface area contributed by atoms with E-state index in [1.807, 2.05) is 30.3 Å². The van der Waals surface area contributed by atoms with Gasteiger partial charge in [-0.3, -0.25) is 4.79 Å². The Morgan fingerprint density at radius 2 is 2.00 bits per heavy atom. The molecular weight excluding hydrogens is 380 g/mol. The van der Waals surface area contributed by atoms with Crippen molar-refractivity contribution in [1.82, 2.24) is 25.5 Å². The molecule has 0 saturated carbocycles. The molecule has 0 aliphatic rings.